The molecular weight excluding hydrogens is 404 g/mol. The van der Waals surface area contributed by atoms with Crippen LogP contribution in [0.3, 0.4) is 0 Å². The molecule has 0 N–H and O–H groups in total. The molecule has 1 unspecified atom stereocenters. The van der Waals surface area contributed by atoms with Crippen LogP contribution >= 0.6 is 0 Å². The van der Waals surface area contributed by atoms with Gasteiger partial charge in [-0.1, -0.05) is 42.5 Å². The van der Waals surface area contributed by atoms with Gasteiger partial charge in [0.1, 0.15) is 6.10 Å². The second kappa shape index (κ2) is 10.6. The van der Waals surface area contributed by atoms with E-state index in [0.29, 0.717) is 31.3 Å². The Bertz CT molecular complexity index is 998. The zero-order chi connectivity index (χ0) is 22.2. The number of hydrogen-bond acceptors (Lipinski definition) is 6. The van der Waals surface area contributed by atoms with Gasteiger partial charge < -0.3 is 19.3 Å². The van der Waals surface area contributed by atoms with E-state index in [-0.39, 0.29) is 6.10 Å². The SMILES string of the molecule is CCOc1ccccc1OC1CCCN(c2ncc(N(C=O)Cc3ccccc3)cn2)C1. The van der Waals surface area contributed by atoms with Gasteiger partial charge in [-0.2, -0.15) is 0 Å². The van der Waals surface area contributed by atoms with Crippen molar-refractivity contribution in [2.45, 2.75) is 32.4 Å². The summed E-state index contributed by atoms with van der Waals surface area (Å²) in [5.74, 6) is 2.17. The van der Waals surface area contributed by atoms with Gasteiger partial charge in [0.2, 0.25) is 12.4 Å². The van der Waals surface area contributed by atoms with E-state index in [1.54, 1.807) is 17.3 Å². The molecule has 1 aromatic heterocycles. The molecule has 1 amide bonds. The second-order valence-electron chi connectivity index (χ2n) is 7.67. The number of amides is 1. The van der Waals surface area contributed by atoms with Crippen molar-refractivity contribution in [3.63, 3.8) is 0 Å². The predicted octanol–water partition coefficient (Wildman–Crippen LogP) is 4.09. The highest BCUT2D eigenvalue weighted by atomic mass is 16.5. The van der Waals surface area contributed by atoms with Crippen molar-refractivity contribution in [2.75, 3.05) is 29.5 Å². The van der Waals surface area contributed by atoms with Gasteiger partial charge in [0.15, 0.2) is 11.5 Å². The lowest BCUT2D eigenvalue weighted by molar-refractivity contribution is -0.107. The third-order valence-electron chi connectivity index (χ3n) is 5.38. The average molecular weight is 433 g/mol. The number of carbonyl (C=O) groups excluding carboxylic acids is 1. The molecule has 7 nitrogen and oxygen atoms in total. The number of anilines is 2. The number of ether oxygens (including phenoxy) is 2. The van der Waals surface area contributed by atoms with Crippen LogP contribution in [-0.4, -0.2) is 42.2 Å². The van der Waals surface area contributed by atoms with Crippen LogP contribution < -0.4 is 19.3 Å². The summed E-state index contributed by atoms with van der Waals surface area (Å²) in [5, 5.41) is 0. The molecule has 7 heteroatoms. The minimum atomic E-state index is 0.0261. The smallest absolute Gasteiger partial charge is 0.225 e. The van der Waals surface area contributed by atoms with Gasteiger partial charge in [0.05, 0.1) is 37.8 Å². The summed E-state index contributed by atoms with van der Waals surface area (Å²) >= 11 is 0. The molecule has 32 heavy (non-hydrogen) atoms. The third kappa shape index (κ3) is 5.35. The quantitative estimate of drug-likeness (QED) is 0.475. The number of benzene rings is 2. The summed E-state index contributed by atoms with van der Waals surface area (Å²) in [7, 11) is 0. The van der Waals surface area contributed by atoms with E-state index in [1.165, 1.54) is 0 Å². The lowest BCUT2D eigenvalue weighted by Crippen LogP contribution is -2.42. The van der Waals surface area contributed by atoms with Crippen molar-refractivity contribution in [1.82, 2.24) is 9.97 Å². The molecule has 1 aliphatic heterocycles. The molecule has 1 fully saturated rings. The van der Waals surface area contributed by atoms with Gasteiger partial charge in [-0.05, 0) is 37.5 Å². The number of piperidine rings is 1. The topological polar surface area (TPSA) is 67.8 Å². The van der Waals surface area contributed by atoms with E-state index < -0.39 is 0 Å². The van der Waals surface area contributed by atoms with Crippen molar-refractivity contribution >= 4 is 18.0 Å². The van der Waals surface area contributed by atoms with Crippen molar-refractivity contribution in [3.05, 3.63) is 72.6 Å². The average Bonchev–Trinajstić information content (AvgIpc) is 2.85. The van der Waals surface area contributed by atoms with Gasteiger partial charge >= 0.3 is 0 Å². The van der Waals surface area contributed by atoms with Gasteiger partial charge in [0, 0.05) is 6.54 Å². The highest BCUT2D eigenvalue weighted by Crippen LogP contribution is 2.29. The van der Waals surface area contributed by atoms with Crippen molar-refractivity contribution in [1.29, 1.82) is 0 Å². The molecule has 0 radical (unpaired) electrons. The highest BCUT2D eigenvalue weighted by molar-refractivity contribution is 5.74. The van der Waals surface area contributed by atoms with E-state index in [0.717, 1.165) is 42.9 Å². The third-order valence-corrected chi connectivity index (χ3v) is 5.38. The maximum Gasteiger partial charge on any atom is 0.225 e. The molecule has 1 aliphatic rings. The van der Waals surface area contributed by atoms with E-state index in [2.05, 4.69) is 14.9 Å². The number of para-hydroxylation sites is 2. The zero-order valence-electron chi connectivity index (χ0n) is 18.3. The van der Waals surface area contributed by atoms with Crippen LogP contribution in [0.4, 0.5) is 11.6 Å². The molecule has 0 aliphatic carbocycles. The van der Waals surface area contributed by atoms with Crippen LogP contribution in [-0.2, 0) is 11.3 Å². The van der Waals surface area contributed by atoms with Gasteiger partial charge in [-0.15, -0.1) is 0 Å². The lowest BCUT2D eigenvalue weighted by Gasteiger charge is -2.33. The fourth-order valence-corrected chi connectivity index (χ4v) is 3.81. The monoisotopic (exact) mass is 432 g/mol. The first kappa shape index (κ1) is 21.6. The second-order valence-corrected chi connectivity index (χ2v) is 7.67. The van der Waals surface area contributed by atoms with E-state index in [9.17, 15) is 4.79 Å². The first-order valence-corrected chi connectivity index (χ1v) is 11.0. The number of rotatable bonds is 9. The normalized spacial score (nSPS) is 15.8. The highest BCUT2D eigenvalue weighted by Gasteiger charge is 2.24. The first-order chi connectivity index (χ1) is 15.8. The molecule has 0 bridgehead atoms. The van der Waals surface area contributed by atoms with Gasteiger partial charge in [-0.25, -0.2) is 9.97 Å². The van der Waals surface area contributed by atoms with Gasteiger partial charge in [0.25, 0.3) is 0 Å². The maximum absolute atomic E-state index is 11.6. The van der Waals surface area contributed by atoms with Crippen LogP contribution in [0, 0.1) is 0 Å². The van der Waals surface area contributed by atoms with Crippen molar-refractivity contribution in [3.8, 4) is 11.5 Å². The van der Waals surface area contributed by atoms with Crippen LogP contribution in [0.15, 0.2) is 67.0 Å². The Morgan fingerprint density at radius 3 is 2.50 bits per heavy atom. The Labute approximate surface area is 188 Å². The summed E-state index contributed by atoms with van der Waals surface area (Å²) < 4.78 is 11.9. The molecule has 0 spiro atoms. The summed E-state index contributed by atoms with van der Waals surface area (Å²) in [6.07, 6.45) is 6.19. The first-order valence-electron chi connectivity index (χ1n) is 11.0. The van der Waals surface area contributed by atoms with E-state index in [4.69, 9.17) is 9.47 Å². The van der Waals surface area contributed by atoms with Crippen molar-refractivity contribution < 1.29 is 14.3 Å². The Hall–Kier alpha value is -3.61. The summed E-state index contributed by atoms with van der Waals surface area (Å²) in [4.78, 5) is 24.4. The van der Waals surface area contributed by atoms with Gasteiger partial charge in [-0.3, -0.25) is 4.79 Å². The molecule has 166 valence electrons. The van der Waals surface area contributed by atoms with Crippen LogP contribution in [0.2, 0.25) is 0 Å². The molecule has 0 saturated carbocycles. The number of nitrogens with zero attached hydrogens (tertiary/aromatic N) is 4. The minimum absolute atomic E-state index is 0.0261. The number of aromatic nitrogens is 2. The Kier molecular flexibility index (Phi) is 7.17. The van der Waals surface area contributed by atoms with Crippen LogP contribution in [0.1, 0.15) is 25.3 Å². The molecule has 2 aromatic carbocycles. The summed E-state index contributed by atoms with van der Waals surface area (Å²) in [6, 6.07) is 17.6. The molecule has 3 aromatic rings. The number of carbonyl (C=O) groups is 1. The van der Waals surface area contributed by atoms with E-state index >= 15 is 0 Å². The molecule has 1 atom stereocenters. The minimum Gasteiger partial charge on any atom is -0.490 e. The fraction of sp³-hybridized carbons (Fsp3) is 0.320. The van der Waals surface area contributed by atoms with Crippen molar-refractivity contribution in [2.24, 2.45) is 0 Å². The molecule has 2 heterocycles. The van der Waals surface area contributed by atoms with Crippen LogP contribution in [0.25, 0.3) is 0 Å². The zero-order valence-corrected chi connectivity index (χ0v) is 18.3. The molecule has 1 saturated heterocycles. The fourth-order valence-electron chi connectivity index (χ4n) is 3.81. The van der Waals surface area contributed by atoms with E-state index in [1.807, 2.05) is 61.5 Å². The number of hydrogen-bond donors (Lipinski definition) is 0. The van der Waals surface area contributed by atoms with Crippen LogP contribution in [0.5, 0.6) is 11.5 Å². The summed E-state index contributed by atoms with van der Waals surface area (Å²) in [5.41, 5.74) is 1.72. The molecular formula is C25H28N4O3. The lowest BCUT2D eigenvalue weighted by atomic mass is 10.1. The Morgan fingerprint density at radius 1 is 1.06 bits per heavy atom. The standard InChI is InChI=1S/C25H28N4O3/c1-2-31-23-12-6-7-13-24(23)32-22-11-8-14-28(18-22)25-26-15-21(16-27-25)29(19-30)17-20-9-4-3-5-10-20/h3-7,9-10,12-13,15-16,19,22H,2,8,11,14,17-18H2,1H3. The molecule has 4 rings (SSSR count). The summed E-state index contributed by atoms with van der Waals surface area (Å²) in [6.45, 7) is 4.60. The largest absolute Gasteiger partial charge is 0.490 e. The maximum atomic E-state index is 11.6. The predicted molar refractivity (Wildman–Crippen MR) is 124 cm³/mol. The Morgan fingerprint density at radius 2 is 1.78 bits per heavy atom. The Balaban J connectivity index is 1.41.